The molecule has 0 aromatic carbocycles. The van der Waals surface area contributed by atoms with Crippen molar-refractivity contribution in [3.63, 3.8) is 0 Å². The predicted molar refractivity (Wildman–Crippen MR) is 5.40 cm³/mol. The van der Waals surface area contributed by atoms with Crippen LogP contribution in [-0.2, 0) is 19.8 Å². The molecule has 0 atom stereocenters. The minimum absolute atomic E-state index is 1.11. The Morgan fingerprint density at radius 2 is 2.00 bits per heavy atom. The van der Waals surface area contributed by atoms with Crippen LogP contribution < -0.4 is 5.11 Å². The fraction of sp³-hybridized carbons (Fsp3) is 0. The van der Waals surface area contributed by atoms with E-state index in [1.54, 1.807) is 0 Å². The molecular weight excluding hydrogens is 239 g/mol. The van der Waals surface area contributed by atoms with Gasteiger partial charge in [-0.15, -0.1) is 0 Å². The van der Waals surface area contributed by atoms with E-state index in [1.807, 2.05) is 0 Å². The van der Waals surface area contributed by atoms with Crippen LogP contribution in [0.4, 0.5) is 4.79 Å². The third-order valence-electron chi connectivity index (χ3n) is 0. The van der Waals surface area contributed by atoms with Crippen LogP contribution in [0.3, 0.4) is 0 Å². The van der Waals surface area contributed by atoms with Crippen molar-refractivity contribution < 1.29 is 29.7 Å². The summed E-state index contributed by atoms with van der Waals surface area (Å²) in [5.41, 5.74) is 0. The molecule has 4 heavy (non-hydrogen) atoms. The molecule has 0 aliphatic carbocycles. The Labute approximate surface area is 34.7 Å². The number of carboxylic acid groups (broad SMARTS) is 1. The molecule has 0 rings (SSSR count). The van der Waals surface area contributed by atoms with Crippen LogP contribution in [0.15, 0.2) is 0 Å². The van der Waals surface area contributed by atoms with Gasteiger partial charge >= 0.3 is 34.1 Å². The van der Waals surface area contributed by atoms with Crippen LogP contribution in [0, 0.1) is 0 Å². The molecule has 0 spiro atoms. The maximum atomic E-state index is 8.88. The van der Waals surface area contributed by atoms with Gasteiger partial charge in [0.25, 0.3) is 0 Å². The van der Waals surface area contributed by atoms with Crippen LogP contribution in [0.5, 0.6) is 0 Å². The molecule has 2 nitrogen and oxygen atoms in total. The molecule has 0 radical (unpaired) electrons. The molecule has 0 aromatic heterocycles. The Bertz CT molecular complexity index is 29.0. The number of hydrogen-bond donors (Lipinski definition) is 0. The molecule has 0 saturated heterocycles. The van der Waals surface area contributed by atoms with Crippen molar-refractivity contribution in [1.29, 1.82) is 0 Å². The summed E-state index contributed by atoms with van der Waals surface area (Å²) in [5.74, 6) is 0. The van der Waals surface area contributed by atoms with Crippen LogP contribution in [0.1, 0.15) is 0 Å². The summed E-state index contributed by atoms with van der Waals surface area (Å²) in [6.07, 6.45) is 0. The average molecular weight is 239 g/mol. The second-order valence-electron chi connectivity index (χ2n) is 0.212. The van der Waals surface area contributed by atoms with Gasteiger partial charge in [-0.3, -0.25) is 0 Å². The summed E-state index contributed by atoms with van der Waals surface area (Å²) in [7, 11) is 0. The Kier molecular flexibility index (Phi) is 1.53. The van der Waals surface area contributed by atoms with Crippen molar-refractivity contribution in [3.05, 3.63) is 0 Å². The average Bonchev–Trinajstić information content (AvgIpc) is 0.811. The third-order valence-corrected chi connectivity index (χ3v) is 0. The van der Waals surface area contributed by atoms with E-state index in [2.05, 4.69) is 0 Å². The summed E-state index contributed by atoms with van der Waals surface area (Å²) in [6, 6.07) is 0. The topological polar surface area (TPSA) is 40.1 Å². The second-order valence-corrected chi connectivity index (χ2v) is 1.14. The third kappa shape index (κ3) is 116. The van der Waals surface area contributed by atoms with Crippen molar-refractivity contribution in [2.45, 2.75) is 0 Å². The quantitative estimate of drug-likeness (QED) is 0.537. The van der Waals surface area contributed by atoms with Crippen LogP contribution in [-0.4, -0.2) is 4.36 Å². The summed E-state index contributed by atoms with van der Waals surface area (Å²) in [6.45, 7) is 0. The van der Waals surface area contributed by atoms with E-state index in [0.717, 1.165) is 19.8 Å². The van der Waals surface area contributed by atoms with Crippen molar-refractivity contribution in [3.8, 4) is 0 Å². The Hall–Kier alpha value is 0.158. The van der Waals surface area contributed by atoms with E-state index >= 15 is 0 Å². The SMILES string of the molecule is O=[C]([O-])[Pt+3]. The van der Waals surface area contributed by atoms with Gasteiger partial charge in [-0.05, 0) is 0 Å². The van der Waals surface area contributed by atoms with Gasteiger partial charge in [0.2, 0.25) is 0 Å². The fourth-order valence-electron chi connectivity index (χ4n) is 0. The molecule has 0 heterocycles. The van der Waals surface area contributed by atoms with Crippen molar-refractivity contribution >= 4 is 4.36 Å². The standard InChI is InChI=1S/CO2.Pt/c2-1-3;/q-1;+3. The zero-order chi connectivity index (χ0) is 3.58. The Morgan fingerprint density at radius 3 is 2.00 bits per heavy atom. The number of rotatable bonds is 0. The number of hydrogen-bond acceptors (Lipinski definition) is 2. The second kappa shape index (κ2) is 1.47. The Balaban J connectivity index is 2.80. The molecule has 0 amide bonds. The zero-order valence-electron chi connectivity index (χ0n) is 1.63. The molecule has 3 heteroatoms. The van der Waals surface area contributed by atoms with Crippen LogP contribution in [0.25, 0.3) is 0 Å². The molecule has 24 valence electrons. The van der Waals surface area contributed by atoms with Gasteiger partial charge in [-0.1, -0.05) is 0 Å². The van der Waals surface area contributed by atoms with Gasteiger partial charge in [0, 0.05) is 0 Å². The molecule has 0 bridgehead atoms. The molecule has 0 N–H and O–H groups in total. The van der Waals surface area contributed by atoms with Crippen LogP contribution in [0.2, 0.25) is 0 Å². The molecule has 0 unspecified atom stereocenters. The van der Waals surface area contributed by atoms with E-state index in [0.29, 0.717) is 0 Å². The first-order chi connectivity index (χ1) is 1.73. The van der Waals surface area contributed by atoms with Crippen molar-refractivity contribution in [2.75, 3.05) is 0 Å². The summed E-state index contributed by atoms with van der Waals surface area (Å²) < 4.78 is -1.11. The van der Waals surface area contributed by atoms with Gasteiger partial charge in [-0.25, -0.2) is 0 Å². The monoisotopic (exact) mass is 239 g/mol. The van der Waals surface area contributed by atoms with Gasteiger partial charge in [0.15, 0.2) is 0 Å². The fourth-order valence-corrected chi connectivity index (χ4v) is 0. The first kappa shape index (κ1) is 4.16. The van der Waals surface area contributed by atoms with E-state index < -0.39 is 4.36 Å². The summed E-state index contributed by atoms with van der Waals surface area (Å²) >= 11 is 1.14. The normalized spacial score (nSPS) is 6.25. The van der Waals surface area contributed by atoms with Gasteiger partial charge in [0.05, 0.1) is 0 Å². The number of carbonyl (C=O) groups excluding carboxylic acids is 1. The summed E-state index contributed by atoms with van der Waals surface area (Å²) in [5, 5.41) is 8.88. The van der Waals surface area contributed by atoms with E-state index in [9.17, 15) is 0 Å². The molecule has 0 aliphatic rings. The maximum absolute atomic E-state index is 8.88. The zero-order valence-corrected chi connectivity index (χ0v) is 3.90. The van der Waals surface area contributed by atoms with Gasteiger partial charge < -0.3 is 0 Å². The molecule has 0 aromatic rings. The van der Waals surface area contributed by atoms with E-state index in [1.165, 1.54) is 0 Å². The predicted octanol–water partition coefficient (Wildman–Crippen LogP) is -1.12. The Morgan fingerprint density at radius 1 is 2.00 bits per heavy atom. The molecular formula is CO2Pt+2. The van der Waals surface area contributed by atoms with Gasteiger partial charge in [0.1, 0.15) is 0 Å². The van der Waals surface area contributed by atoms with Crippen molar-refractivity contribution in [2.24, 2.45) is 0 Å². The molecule has 0 saturated carbocycles. The summed E-state index contributed by atoms with van der Waals surface area (Å²) in [4.78, 5) is 8.88. The van der Waals surface area contributed by atoms with Gasteiger partial charge in [-0.2, -0.15) is 0 Å². The molecule has 0 fully saturated rings. The first-order valence-electron chi connectivity index (χ1n) is 0.566. The van der Waals surface area contributed by atoms with Crippen LogP contribution >= 0.6 is 0 Å². The minimum atomic E-state index is -1.11. The first-order valence-corrected chi connectivity index (χ1v) is 1.70. The van der Waals surface area contributed by atoms with E-state index in [-0.39, 0.29) is 0 Å². The van der Waals surface area contributed by atoms with E-state index in [4.69, 9.17) is 9.90 Å². The molecule has 0 aliphatic heterocycles. The number of carbonyl (C=O) groups is 1. The van der Waals surface area contributed by atoms with Crippen molar-refractivity contribution in [1.82, 2.24) is 0 Å².